The summed E-state index contributed by atoms with van der Waals surface area (Å²) in [5.74, 6) is 0.770. The summed E-state index contributed by atoms with van der Waals surface area (Å²) >= 11 is 0. The topological polar surface area (TPSA) is 41.5 Å². The van der Waals surface area contributed by atoms with E-state index in [1.807, 2.05) is 0 Å². The molecule has 0 radical (unpaired) electrons. The van der Waals surface area contributed by atoms with Crippen LogP contribution in [0.5, 0.6) is 0 Å². The molecule has 1 saturated carbocycles. The summed E-state index contributed by atoms with van der Waals surface area (Å²) in [6.45, 7) is 0.976. The Morgan fingerprint density at radius 2 is 2.06 bits per heavy atom. The van der Waals surface area contributed by atoms with Crippen molar-refractivity contribution in [1.29, 1.82) is 0 Å². The molecule has 1 unspecified atom stereocenters. The Labute approximate surface area is 103 Å². The van der Waals surface area contributed by atoms with Gasteiger partial charge in [0.1, 0.15) is 0 Å². The van der Waals surface area contributed by atoms with Crippen molar-refractivity contribution in [3.05, 3.63) is 29.8 Å². The quantitative estimate of drug-likeness (QED) is 0.760. The van der Waals surface area contributed by atoms with E-state index in [1.54, 1.807) is 7.11 Å². The van der Waals surface area contributed by atoms with Gasteiger partial charge in [0.25, 0.3) is 0 Å². The lowest BCUT2D eigenvalue weighted by Gasteiger charge is -2.18. The standard InChI is InChI=1S/C14H21NO2/c1-17-10-14(12-4-5-12)15-13-6-2-11(3-7-13)8-9-16/h2-3,6-7,12,14-16H,4-5,8-10H2,1H3. The highest BCUT2D eigenvalue weighted by Gasteiger charge is 2.30. The molecule has 1 aliphatic carbocycles. The molecule has 0 amide bonds. The predicted molar refractivity (Wildman–Crippen MR) is 69.2 cm³/mol. The van der Waals surface area contributed by atoms with Gasteiger partial charge in [-0.15, -0.1) is 0 Å². The van der Waals surface area contributed by atoms with Gasteiger partial charge >= 0.3 is 0 Å². The summed E-state index contributed by atoms with van der Waals surface area (Å²) < 4.78 is 5.24. The maximum atomic E-state index is 8.85. The molecule has 17 heavy (non-hydrogen) atoms. The van der Waals surface area contributed by atoms with E-state index >= 15 is 0 Å². The number of hydrogen-bond donors (Lipinski definition) is 2. The van der Waals surface area contributed by atoms with Gasteiger partial charge in [-0.2, -0.15) is 0 Å². The van der Waals surface area contributed by atoms with Gasteiger partial charge in [-0.1, -0.05) is 12.1 Å². The minimum atomic E-state index is 0.209. The third-order valence-electron chi connectivity index (χ3n) is 3.24. The number of anilines is 1. The van der Waals surface area contributed by atoms with Crippen molar-refractivity contribution in [2.24, 2.45) is 5.92 Å². The lowest BCUT2D eigenvalue weighted by Crippen LogP contribution is -2.27. The minimum absolute atomic E-state index is 0.209. The van der Waals surface area contributed by atoms with Gasteiger partial charge < -0.3 is 15.2 Å². The van der Waals surface area contributed by atoms with Gasteiger partial charge in [0.05, 0.1) is 12.6 Å². The molecule has 1 aliphatic rings. The van der Waals surface area contributed by atoms with E-state index in [4.69, 9.17) is 9.84 Å². The van der Waals surface area contributed by atoms with Crippen LogP contribution in [0.25, 0.3) is 0 Å². The molecule has 0 aromatic heterocycles. The second-order valence-corrected chi connectivity index (χ2v) is 4.71. The van der Waals surface area contributed by atoms with Crippen LogP contribution >= 0.6 is 0 Å². The van der Waals surface area contributed by atoms with E-state index < -0.39 is 0 Å². The van der Waals surface area contributed by atoms with Gasteiger partial charge in [-0.3, -0.25) is 0 Å². The molecular formula is C14H21NO2. The fraction of sp³-hybridized carbons (Fsp3) is 0.571. The Hall–Kier alpha value is -1.06. The Balaban J connectivity index is 1.92. The molecule has 2 N–H and O–H groups in total. The number of ether oxygens (including phenoxy) is 1. The summed E-state index contributed by atoms with van der Waals surface area (Å²) in [6, 6.07) is 8.72. The highest BCUT2D eigenvalue weighted by Crippen LogP contribution is 2.34. The molecule has 1 atom stereocenters. The Morgan fingerprint density at radius 3 is 2.59 bits per heavy atom. The smallest absolute Gasteiger partial charge is 0.0666 e. The van der Waals surface area contributed by atoms with Crippen molar-refractivity contribution >= 4 is 5.69 Å². The van der Waals surface area contributed by atoms with Crippen LogP contribution in [0.1, 0.15) is 18.4 Å². The van der Waals surface area contributed by atoms with Gasteiger partial charge in [-0.05, 0) is 42.9 Å². The van der Waals surface area contributed by atoms with Crippen LogP contribution in [0.3, 0.4) is 0 Å². The molecule has 1 aromatic rings. The summed E-state index contributed by atoms with van der Waals surface area (Å²) in [5.41, 5.74) is 2.31. The van der Waals surface area contributed by atoms with Crippen molar-refractivity contribution in [3.8, 4) is 0 Å². The van der Waals surface area contributed by atoms with Crippen molar-refractivity contribution in [1.82, 2.24) is 0 Å². The van der Waals surface area contributed by atoms with Crippen molar-refractivity contribution < 1.29 is 9.84 Å². The van der Waals surface area contributed by atoms with Crippen molar-refractivity contribution in [2.45, 2.75) is 25.3 Å². The first-order chi connectivity index (χ1) is 8.33. The van der Waals surface area contributed by atoms with Crippen molar-refractivity contribution in [2.75, 3.05) is 25.6 Å². The molecule has 0 aliphatic heterocycles. The number of benzene rings is 1. The molecule has 1 fully saturated rings. The Kier molecular flexibility index (Phi) is 4.40. The Bertz CT molecular complexity index is 333. The molecule has 94 valence electrons. The maximum absolute atomic E-state index is 8.85. The summed E-state index contributed by atoms with van der Waals surface area (Å²) in [6.07, 6.45) is 3.34. The minimum Gasteiger partial charge on any atom is -0.396 e. The van der Waals surface area contributed by atoms with E-state index in [9.17, 15) is 0 Å². The summed E-state index contributed by atoms with van der Waals surface area (Å²) in [5, 5.41) is 12.4. The highest BCUT2D eigenvalue weighted by atomic mass is 16.5. The first-order valence-electron chi connectivity index (χ1n) is 6.28. The predicted octanol–water partition coefficient (Wildman–Crippen LogP) is 2.06. The fourth-order valence-electron chi connectivity index (χ4n) is 2.08. The largest absolute Gasteiger partial charge is 0.396 e. The number of aliphatic hydroxyl groups excluding tert-OH is 1. The van der Waals surface area contributed by atoms with E-state index in [-0.39, 0.29) is 6.61 Å². The van der Waals surface area contributed by atoms with Crippen LogP contribution in [0.15, 0.2) is 24.3 Å². The second kappa shape index (κ2) is 6.03. The van der Waals surface area contributed by atoms with Crippen molar-refractivity contribution in [3.63, 3.8) is 0 Å². The molecule has 3 heteroatoms. The number of methoxy groups -OCH3 is 1. The van der Waals surface area contributed by atoms with Crippen LogP contribution in [0, 0.1) is 5.92 Å². The van der Waals surface area contributed by atoms with Crippen LogP contribution in [-0.4, -0.2) is 31.5 Å². The van der Waals surface area contributed by atoms with Gasteiger partial charge in [0.2, 0.25) is 0 Å². The van der Waals surface area contributed by atoms with E-state index in [2.05, 4.69) is 29.6 Å². The molecule has 2 rings (SSSR count). The average molecular weight is 235 g/mol. The zero-order valence-electron chi connectivity index (χ0n) is 10.4. The van der Waals surface area contributed by atoms with Gasteiger partial charge in [0, 0.05) is 19.4 Å². The zero-order chi connectivity index (χ0) is 12.1. The normalized spacial score (nSPS) is 16.8. The first kappa shape index (κ1) is 12.4. The van der Waals surface area contributed by atoms with Crippen LogP contribution in [-0.2, 0) is 11.2 Å². The van der Waals surface area contributed by atoms with E-state index in [0.717, 1.165) is 24.6 Å². The third-order valence-corrected chi connectivity index (χ3v) is 3.24. The molecular weight excluding hydrogens is 214 g/mol. The van der Waals surface area contributed by atoms with Gasteiger partial charge in [-0.25, -0.2) is 0 Å². The lowest BCUT2D eigenvalue weighted by molar-refractivity contribution is 0.179. The molecule has 0 spiro atoms. The molecule has 3 nitrogen and oxygen atoms in total. The van der Waals surface area contributed by atoms with Crippen LogP contribution < -0.4 is 5.32 Å². The zero-order valence-corrected chi connectivity index (χ0v) is 10.4. The molecule has 0 saturated heterocycles. The lowest BCUT2D eigenvalue weighted by atomic mass is 10.1. The fourth-order valence-corrected chi connectivity index (χ4v) is 2.08. The maximum Gasteiger partial charge on any atom is 0.0666 e. The second-order valence-electron chi connectivity index (χ2n) is 4.71. The molecule has 0 bridgehead atoms. The third kappa shape index (κ3) is 3.72. The number of aliphatic hydroxyl groups is 1. The monoisotopic (exact) mass is 235 g/mol. The Morgan fingerprint density at radius 1 is 1.35 bits per heavy atom. The van der Waals surface area contributed by atoms with E-state index in [0.29, 0.717) is 6.04 Å². The SMILES string of the molecule is COCC(Nc1ccc(CCO)cc1)C1CC1. The number of nitrogens with one attached hydrogen (secondary N) is 1. The average Bonchev–Trinajstić information content (AvgIpc) is 3.15. The summed E-state index contributed by atoms with van der Waals surface area (Å²) in [4.78, 5) is 0. The van der Waals surface area contributed by atoms with Crippen LogP contribution in [0.2, 0.25) is 0 Å². The molecule has 1 aromatic carbocycles. The van der Waals surface area contributed by atoms with Crippen LogP contribution in [0.4, 0.5) is 5.69 Å². The summed E-state index contributed by atoms with van der Waals surface area (Å²) in [7, 11) is 1.75. The number of rotatable bonds is 7. The first-order valence-corrected chi connectivity index (χ1v) is 6.28. The molecule has 0 heterocycles. The van der Waals surface area contributed by atoms with E-state index in [1.165, 1.54) is 18.4 Å². The highest BCUT2D eigenvalue weighted by molar-refractivity contribution is 5.45. The number of hydrogen-bond acceptors (Lipinski definition) is 3. The van der Waals surface area contributed by atoms with Gasteiger partial charge in [0.15, 0.2) is 0 Å².